The van der Waals surface area contributed by atoms with Crippen molar-refractivity contribution in [1.29, 1.82) is 0 Å². The summed E-state index contributed by atoms with van der Waals surface area (Å²) in [6, 6.07) is 16.8. The number of H-pyrrole nitrogens is 1. The third kappa shape index (κ3) is 3.00. The molecule has 23 heavy (non-hydrogen) atoms. The van der Waals surface area contributed by atoms with Gasteiger partial charge in [-0.25, -0.2) is 0 Å². The first-order chi connectivity index (χ1) is 11.3. The Morgan fingerprint density at radius 3 is 2.87 bits per heavy atom. The summed E-state index contributed by atoms with van der Waals surface area (Å²) in [5.74, 6) is 0.252. The monoisotopic (exact) mass is 307 g/mol. The van der Waals surface area contributed by atoms with Crippen molar-refractivity contribution in [2.75, 3.05) is 13.1 Å². The second-order valence-corrected chi connectivity index (χ2v) is 6.40. The lowest BCUT2D eigenvalue weighted by molar-refractivity contribution is 0.0477. The summed E-state index contributed by atoms with van der Waals surface area (Å²) in [5.41, 5.74) is 3.58. The fourth-order valence-electron chi connectivity index (χ4n) is 3.57. The molecule has 0 aliphatic carbocycles. The topological polar surface area (TPSA) is 52.1 Å². The van der Waals surface area contributed by atoms with E-state index >= 15 is 0 Å². The van der Waals surface area contributed by atoms with E-state index in [-0.39, 0.29) is 12.0 Å². The first kappa shape index (κ1) is 14.4. The molecule has 4 nitrogen and oxygen atoms in total. The quantitative estimate of drug-likeness (QED) is 0.782. The average Bonchev–Trinajstić information content (AvgIpc) is 3.03. The Balaban J connectivity index is 1.44. The van der Waals surface area contributed by atoms with E-state index in [1.165, 1.54) is 11.1 Å². The van der Waals surface area contributed by atoms with Crippen LogP contribution in [0.2, 0.25) is 0 Å². The van der Waals surface area contributed by atoms with Gasteiger partial charge in [0.15, 0.2) is 0 Å². The fraction of sp³-hybridized carbons (Fsp3) is 0.316. The Morgan fingerprint density at radius 2 is 2.04 bits per heavy atom. The van der Waals surface area contributed by atoms with E-state index in [9.17, 15) is 5.11 Å². The number of hydrogen-bond donors (Lipinski definition) is 2. The van der Waals surface area contributed by atoms with Crippen LogP contribution >= 0.6 is 0 Å². The van der Waals surface area contributed by atoms with Crippen LogP contribution in [0.15, 0.2) is 54.7 Å². The minimum Gasteiger partial charge on any atom is -0.391 e. The van der Waals surface area contributed by atoms with Gasteiger partial charge >= 0.3 is 0 Å². The lowest BCUT2D eigenvalue weighted by Gasteiger charge is -2.36. The lowest BCUT2D eigenvalue weighted by atomic mass is 9.87. The number of β-amino-alcohol motifs (C(OH)–C–C–N with tert-alkyl or cyclic N) is 1. The molecular weight excluding hydrogens is 286 g/mol. The molecule has 2 atom stereocenters. The molecule has 2 aromatic carbocycles. The van der Waals surface area contributed by atoms with Crippen molar-refractivity contribution in [2.24, 2.45) is 0 Å². The molecule has 1 saturated heterocycles. The molecule has 0 spiro atoms. The van der Waals surface area contributed by atoms with Crippen LogP contribution in [0.5, 0.6) is 0 Å². The van der Waals surface area contributed by atoms with Crippen molar-refractivity contribution < 1.29 is 5.11 Å². The van der Waals surface area contributed by atoms with Crippen LogP contribution in [0.25, 0.3) is 10.9 Å². The van der Waals surface area contributed by atoms with Gasteiger partial charge in [0.05, 0.1) is 17.8 Å². The number of rotatable bonds is 3. The fourth-order valence-corrected chi connectivity index (χ4v) is 3.57. The maximum atomic E-state index is 10.6. The van der Waals surface area contributed by atoms with Gasteiger partial charge in [0.2, 0.25) is 0 Å². The molecule has 1 fully saturated rings. The molecule has 0 bridgehead atoms. The summed E-state index contributed by atoms with van der Waals surface area (Å²) >= 11 is 0. The van der Waals surface area contributed by atoms with Gasteiger partial charge in [-0.1, -0.05) is 42.5 Å². The molecule has 0 saturated carbocycles. The first-order valence-corrected chi connectivity index (χ1v) is 8.17. The smallest absolute Gasteiger partial charge is 0.0736 e. The SMILES string of the molecule is O[C@@H]1CN(Cc2ccc3cn[nH]c3c2)CC[C@@H]1c1ccccc1. The molecule has 3 aromatic rings. The third-order valence-corrected chi connectivity index (χ3v) is 4.81. The number of fused-ring (bicyclic) bond motifs is 1. The van der Waals surface area contributed by atoms with Gasteiger partial charge in [0.1, 0.15) is 0 Å². The summed E-state index contributed by atoms with van der Waals surface area (Å²) in [7, 11) is 0. The van der Waals surface area contributed by atoms with Crippen molar-refractivity contribution in [3.8, 4) is 0 Å². The second-order valence-electron chi connectivity index (χ2n) is 6.40. The lowest BCUT2D eigenvalue weighted by Crippen LogP contribution is -2.42. The molecule has 2 N–H and O–H groups in total. The van der Waals surface area contributed by atoms with E-state index in [4.69, 9.17) is 0 Å². The van der Waals surface area contributed by atoms with Crippen LogP contribution in [-0.2, 0) is 6.54 Å². The van der Waals surface area contributed by atoms with Crippen molar-refractivity contribution in [3.05, 3.63) is 65.9 Å². The molecule has 0 amide bonds. The van der Waals surface area contributed by atoms with Gasteiger partial charge in [-0.15, -0.1) is 0 Å². The maximum Gasteiger partial charge on any atom is 0.0736 e. The highest BCUT2D eigenvalue weighted by Crippen LogP contribution is 2.29. The highest BCUT2D eigenvalue weighted by molar-refractivity contribution is 5.78. The molecule has 2 heterocycles. The molecule has 0 unspecified atom stereocenters. The Labute approximate surface area is 135 Å². The number of aliphatic hydroxyl groups excluding tert-OH is 1. The Morgan fingerprint density at radius 1 is 1.17 bits per heavy atom. The largest absolute Gasteiger partial charge is 0.391 e. The number of aromatic nitrogens is 2. The van der Waals surface area contributed by atoms with Crippen LogP contribution < -0.4 is 0 Å². The molecule has 1 aromatic heterocycles. The van der Waals surface area contributed by atoms with Gasteiger partial charge < -0.3 is 5.11 Å². The summed E-state index contributed by atoms with van der Waals surface area (Å²) in [4.78, 5) is 2.33. The molecular formula is C19H21N3O. The predicted octanol–water partition coefficient (Wildman–Crippen LogP) is 2.91. The Bertz CT molecular complexity index is 783. The Kier molecular flexibility index (Phi) is 3.85. The zero-order chi connectivity index (χ0) is 15.6. The van der Waals surface area contributed by atoms with Gasteiger partial charge in [0, 0.05) is 24.4 Å². The van der Waals surface area contributed by atoms with Gasteiger partial charge in [-0.3, -0.25) is 10.00 Å². The average molecular weight is 307 g/mol. The zero-order valence-electron chi connectivity index (χ0n) is 13.0. The highest BCUT2D eigenvalue weighted by atomic mass is 16.3. The normalized spacial score (nSPS) is 22.5. The number of nitrogens with zero attached hydrogens (tertiary/aromatic N) is 2. The maximum absolute atomic E-state index is 10.6. The number of aromatic amines is 1. The molecule has 0 radical (unpaired) electrons. The van der Waals surface area contributed by atoms with Crippen LogP contribution in [0, 0.1) is 0 Å². The van der Waals surface area contributed by atoms with Crippen molar-refractivity contribution in [3.63, 3.8) is 0 Å². The summed E-state index contributed by atoms with van der Waals surface area (Å²) < 4.78 is 0. The summed E-state index contributed by atoms with van der Waals surface area (Å²) in [5, 5.41) is 18.8. The molecule has 4 rings (SSSR count). The highest BCUT2D eigenvalue weighted by Gasteiger charge is 2.28. The van der Waals surface area contributed by atoms with Crippen molar-refractivity contribution in [2.45, 2.75) is 25.0 Å². The summed E-state index contributed by atoms with van der Waals surface area (Å²) in [6.45, 7) is 2.60. The molecule has 4 heteroatoms. The zero-order valence-corrected chi connectivity index (χ0v) is 13.0. The predicted molar refractivity (Wildman–Crippen MR) is 91.2 cm³/mol. The summed E-state index contributed by atoms with van der Waals surface area (Å²) in [6.07, 6.45) is 2.54. The van der Waals surface area contributed by atoms with Crippen LogP contribution in [0.3, 0.4) is 0 Å². The van der Waals surface area contributed by atoms with Crippen LogP contribution in [0.4, 0.5) is 0 Å². The number of piperidine rings is 1. The molecule has 1 aliphatic heterocycles. The number of likely N-dealkylation sites (tertiary alicyclic amines) is 1. The van der Waals surface area contributed by atoms with Gasteiger partial charge in [0.25, 0.3) is 0 Å². The van der Waals surface area contributed by atoms with E-state index < -0.39 is 0 Å². The molecule has 1 aliphatic rings. The van der Waals surface area contributed by atoms with Crippen molar-refractivity contribution >= 4 is 10.9 Å². The van der Waals surface area contributed by atoms with E-state index in [0.717, 1.165) is 37.0 Å². The van der Waals surface area contributed by atoms with Crippen LogP contribution in [-0.4, -0.2) is 39.4 Å². The number of hydrogen-bond acceptors (Lipinski definition) is 3. The van der Waals surface area contributed by atoms with Gasteiger partial charge in [-0.05, 0) is 30.2 Å². The standard InChI is InChI=1S/C19H21N3O/c23-19-13-22(9-8-17(19)15-4-2-1-3-5-15)12-14-6-7-16-11-20-21-18(16)10-14/h1-7,10-11,17,19,23H,8-9,12-13H2,(H,20,21)/t17-,19-/m1/s1. The number of benzene rings is 2. The van der Waals surface area contributed by atoms with E-state index in [1.54, 1.807) is 0 Å². The van der Waals surface area contributed by atoms with E-state index in [2.05, 4.69) is 45.4 Å². The molecule has 118 valence electrons. The minimum absolute atomic E-state index is 0.252. The van der Waals surface area contributed by atoms with Gasteiger partial charge in [-0.2, -0.15) is 5.10 Å². The third-order valence-electron chi connectivity index (χ3n) is 4.81. The second kappa shape index (κ2) is 6.14. The van der Waals surface area contributed by atoms with Crippen LogP contribution in [0.1, 0.15) is 23.5 Å². The van der Waals surface area contributed by atoms with Crippen molar-refractivity contribution in [1.82, 2.24) is 15.1 Å². The minimum atomic E-state index is -0.304. The van der Waals surface area contributed by atoms with E-state index in [0.29, 0.717) is 0 Å². The number of aliphatic hydroxyl groups is 1. The first-order valence-electron chi connectivity index (χ1n) is 8.17. The number of nitrogens with one attached hydrogen (secondary N) is 1. The Hall–Kier alpha value is -2.17. The van der Waals surface area contributed by atoms with E-state index in [1.807, 2.05) is 24.4 Å².